The van der Waals surface area contributed by atoms with Gasteiger partial charge in [-0.15, -0.1) is 0 Å². The molecule has 0 spiro atoms. The largest absolute Gasteiger partial charge is 0.384 e. The van der Waals surface area contributed by atoms with Crippen LogP contribution in [0.2, 0.25) is 0 Å². The normalized spacial score (nSPS) is 17.6. The Kier molecular flexibility index (Phi) is 3.97. The highest BCUT2D eigenvalue weighted by Crippen LogP contribution is 2.29. The summed E-state index contributed by atoms with van der Waals surface area (Å²) < 4.78 is 10.8. The van der Waals surface area contributed by atoms with E-state index in [1.54, 1.807) is 0 Å². The molecule has 0 fully saturated rings. The summed E-state index contributed by atoms with van der Waals surface area (Å²) in [6.07, 6.45) is 1.93. The van der Waals surface area contributed by atoms with Gasteiger partial charge in [0.25, 0.3) is 0 Å². The van der Waals surface area contributed by atoms with E-state index in [1.165, 1.54) is 11.3 Å². The number of nitrogens with one attached hydrogen (secondary N) is 1. The molecule has 5 heteroatoms. The van der Waals surface area contributed by atoms with Crippen molar-refractivity contribution in [3.63, 3.8) is 0 Å². The van der Waals surface area contributed by atoms with Gasteiger partial charge in [0.05, 0.1) is 5.92 Å². The van der Waals surface area contributed by atoms with Crippen LogP contribution in [0.4, 0.5) is 5.69 Å². The summed E-state index contributed by atoms with van der Waals surface area (Å²) in [5.41, 5.74) is 2.50. The van der Waals surface area contributed by atoms with Crippen molar-refractivity contribution in [3.8, 4) is 0 Å². The summed E-state index contributed by atoms with van der Waals surface area (Å²) in [6.45, 7) is 4.05. The summed E-state index contributed by atoms with van der Waals surface area (Å²) >= 11 is 0. The molecule has 20 heavy (non-hydrogen) atoms. The van der Waals surface area contributed by atoms with E-state index in [2.05, 4.69) is 40.6 Å². The van der Waals surface area contributed by atoms with E-state index in [9.17, 15) is 0 Å². The van der Waals surface area contributed by atoms with E-state index >= 15 is 0 Å². The van der Waals surface area contributed by atoms with Gasteiger partial charge in [-0.2, -0.15) is 4.98 Å². The van der Waals surface area contributed by atoms with Crippen molar-refractivity contribution in [2.45, 2.75) is 32.3 Å². The van der Waals surface area contributed by atoms with Crippen LogP contribution in [0.1, 0.15) is 36.5 Å². The van der Waals surface area contributed by atoms with Crippen molar-refractivity contribution < 1.29 is 9.26 Å². The van der Waals surface area contributed by atoms with Crippen LogP contribution in [0.5, 0.6) is 0 Å². The van der Waals surface area contributed by atoms with Crippen LogP contribution in [-0.2, 0) is 17.8 Å². The number of nitrogens with zero attached hydrogens (tertiary/aromatic N) is 2. The van der Waals surface area contributed by atoms with Gasteiger partial charge in [0, 0.05) is 18.8 Å². The van der Waals surface area contributed by atoms with Crippen molar-refractivity contribution in [2.75, 3.05) is 18.5 Å². The second kappa shape index (κ2) is 6.05. The summed E-state index contributed by atoms with van der Waals surface area (Å²) in [6, 6.07) is 8.34. The van der Waals surface area contributed by atoms with Crippen LogP contribution in [0, 0.1) is 0 Å². The first-order chi connectivity index (χ1) is 9.86. The number of aromatic nitrogens is 2. The van der Waals surface area contributed by atoms with E-state index in [0.717, 1.165) is 26.0 Å². The van der Waals surface area contributed by atoms with Gasteiger partial charge in [0.2, 0.25) is 5.89 Å². The Balaban J connectivity index is 1.66. The Morgan fingerprint density at radius 2 is 2.30 bits per heavy atom. The van der Waals surface area contributed by atoms with Crippen molar-refractivity contribution in [1.82, 2.24) is 10.1 Å². The summed E-state index contributed by atoms with van der Waals surface area (Å²) in [7, 11) is 0. The molecule has 2 heterocycles. The van der Waals surface area contributed by atoms with Crippen molar-refractivity contribution in [2.24, 2.45) is 0 Å². The molecule has 1 aliphatic heterocycles. The zero-order valence-corrected chi connectivity index (χ0v) is 11.6. The number of hydrogen-bond donors (Lipinski definition) is 1. The number of ether oxygens (including phenoxy) is 1. The molecule has 0 radical (unpaired) electrons. The molecule has 0 bridgehead atoms. The lowest BCUT2D eigenvalue weighted by atomic mass is 9.94. The van der Waals surface area contributed by atoms with Crippen LogP contribution in [0.15, 0.2) is 28.8 Å². The average Bonchev–Trinajstić information content (AvgIpc) is 2.96. The molecule has 1 N–H and O–H groups in total. The van der Waals surface area contributed by atoms with Gasteiger partial charge in [-0.05, 0) is 24.5 Å². The van der Waals surface area contributed by atoms with Crippen LogP contribution >= 0.6 is 0 Å². The lowest BCUT2D eigenvalue weighted by Crippen LogP contribution is -2.21. The first-order valence-corrected chi connectivity index (χ1v) is 7.09. The molecular weight excluding hydrogens is 254 g/mol. The molecule has 1 atom stereocenters. The van der Waals surface area contributed by atoms with Crippen molar-refractivity contribution in [3.05, 3.63) is 41.5 Å². The highest BCUT2D eigenvalue weighted by atomic mass is 16.5. The molecule has 1 aromatic carbocycles. The van der Waals surface area contributed by atoms with E-state index in [4.69, 9.17) is 9.26 Å². The SMILES string of the molecule is CCCOCc1noc(C2CNc3ccccc3C2)n1. The zero-order valence-electron chi connectivity index (χ0n) is 11.6. The number of anilines is 1. The summed E-state index contributed by atoms with van der Waals surface area (Å²) in [4.78, 5) is 4.44. The quantitative estimate of drug-likeness (QED) is 0.849. The van der Waals surface area contributed by atoms with E-state index in [1.807, 2.05) is 6.07 Å². The Morgan fingerprint density at radius 3 is 3.20 bits per heavy atom. The molecule has 1 aliphatic rings. The predicted molar refractivity (Wildman–Crippen MR) is 75.6 cm³/mol. The van der Waals surface area contributed by atoms with Gasteiger partial charge in [0.15, 0.2) is 5.82 Å². The number of fused-ring (bicyclic) bond motifs is 1. The topological polar surface area (TPSA) is 60.2 Å². The van der Waals surface area contributed by atoms with Gasteiger partial charge >= 0.3 is 0 Å². The fraction of sp³-hybridized carbons (Fsp3) is 0.467. The maximum absolute atomic E-state index is 5.43. The van der Waals surface area contributed by atoms with Gasteiger partial charge in [-0.25, -0.2) is 0 Å². The Morgan fingerprint density at radius 1 is 1.40 bits per heavy atom. The van der Waals surface area contributed by atoms with Gasteiger partial charge in [-0.3, -0.25) is 0 Å². The minimum atomic E-state index is 0.234. The number of rotatable bonds is 5. The van der Waals surface area contributed by atoms with Gasteiger partial charge in [-0.1, -0.05) is 30.3 Å². The average molecular weight is 273 g/mol. The highest BCUT2D eigenvalue weighted by molar-refractivity contribution is 5.53. The molecule has 5 nitrogen and oxygen atoms in total. The molecule has 0 aliphatic carbocycles. The molecule has 3 rings (SSSR count). The fourth-order valence-corrected chi connectivity index (χ4v) is 2.42. The Bertz CT molecular complexity index is 568. The summed E-state index contributed by atoms with van der Waals surface area (Å²) in [5, 5.41) is 7.39. The standard InChI is InChI=1S/C15H19N3O2/c1-2-7-19-10-14-17-15(20-18-14)12-8-11-5-3-4-6-13(11)16-9-12/h3-6,12,16H,2,7-10H2,1H3. The first kappa shape index (κ1) is 13.1. The maximum Gasteiger partial charge on any atom is 0.231 e. The summed E-state index contributed by atoms with van der Waals surface area (Å²) in [5.74, 6) is 1.56. The smallest absolute Gasteiger partial charge is 0.231 e. The number of benzene rings is 1. The van der Waals surface area contributed by atoms with Gasteiger partial charge in [0.1, 0.15) is 6.61 Å². The fourth-order valence-electron chi connectivity index (χ4n) is 2.42. The molecule has 1 unspecified atom stereocenters. The minimum Gasteiger partial charge on any atom is -0.384 e. The first-order valence-electron chi connectivity index (χ1n) is 7.09. The van der Waals surface area contributed by atoms with Crippen molar-refractivity contribution in [1.29, 1.82) is 0 Å². The predicted octanol–water partition coefficient (Wildman–Crippen LogP) is 2.75. The lowest BCUT2D eigenvalue weighted by Gasteiger charge is -2.23. The second-order valence-electron chi connectivity index (χ2n) is 5.04. The van der Waals surface area contributed by atoms with Gasteiger partial charge < -0.3 is 14.6 Å². The number of para-hydroxylation sites is 1. The van der Waals surface area contributed by atoms with Crippen molar-refractivity contribution >= 4 is 5.69 Å². The van der Waals surface area contributed by atoms with E-state index in [-0.39, 0.29) is 5.92 Å². The molecular formula is C15H19N3O2. The molecule has 0 saturated heterocycles. The molecule has 1 aromatic heterocycles. The zero-order chi connectivity index (χ0) is 13.8. The van der Waals surface area contributed by atoms with Crippen LogP contribution in [0.3, 0.4) is 0 Å². The molecule has 106 valence electrons. The Labute approximate surface area is 118 Å². The molecule has 2 aromatic rings. The van der Waals surface area contributed by atoms with Crippen LogP contribution in [0.25, 0.3) is 0 Å². The van der Waals surface area contributed by atoms with E-state index in [0.29, 0.717) is 18.3 Å². The molecule has 0 saturated carbocycles. The molecule has 0 amide bonds. The van der Waals surface area contributed by atoms with Crippen LogP contribution in [-0.4, -0.2) is 23.3 Å². The van der Waals surface area contributed by atoms with Crippen LogP contribution < -0.4 is 5.32 Å². The maximum atomic E-state index is 5.43. The monoisotopic (exact) mass is 273 g/mol. The third kappa shape index (κ3) is 2.82. The highest BCUT2D eigenvalue weighted by Gasteiger charge is 2.24. The third-order valence-electron chi connectivity index (χ3n) is 3.44. The second-order valence-corrected chi connectivity index (χ2v) is 5.04. The lowest BCUT2D eigenvalue weighted by molar-refractivity contribution is 0.114. The number of hydrogen-bond acceptors (Lipinski definition) is 5. The van der Waals surface area contributed by atoms with E-state index < -0.39 is 0 Å². The Hall–Kier alpha value is -1.88. The minimum absolute atomic E-state index is 0.234. The third-order valence-corrected chi connectivity index (χ3v) is 3.44.